The first-order chi connectivity index (χ1) is 9.47. The van der Waals surface area contributed by atoms with Crippen LogP contribution in [0.2, 0.25) is 0 Å². The van der Waals surface area contributed by atoms with Gasteiger partial charge in [-0.2, -0.15) is 0 Å². The summed E-state index contributed by atoms with van der Waals surface area (Å²) in [5.41, 5.74) is -0.313. The van der Waals surface area contributed by atoms with Crippen molar-refractivity contribution in [3.63, 3.8) is 0 Å². The number of nitrogens with zero attached hydrogens (tertiary/aromatic N) is 2. The number of esters is 1. The summed E-state index contributed by atoms with van der Waals surface area (Å²) < 4.78 is 4.75. The molecule has 1 rings (SSSR count). The second-order valence-electron chi connectivity index (χ2n) is 3.99. The molecule has 0 aromatic carbocycles. The maximum Gasteiger partial charge on any atom is 0.338 e. The number of ether oxygens (including phenoxy) is 1. The molecule has 1 aromatic heterocycles. The number of carboxylic acids is 1. The molecule has 0 unspecified atom stereocenters. The molecule has 0 fully saturated rings. The van der Waals surface area contributed by atoms with Crippen molar-refractivity contribution >= 4 is 17.8 Å². The molecule has 0 spiro atoms. The smallest absolute Gasteiger partial charge is 0.338 e. The van der Waals surface area contributed by atoms with E-state index in [1.807, 2.05) is 0 Å². The highest BCUT2D eigenvalue weighted by Crippen LogP contribution is 2.08. The van der Waals surface area contributed by atoms with Crippen LogP contribution in [0, 0.1) is 0 Å². The van der Waals surface area contributed by atoms with E-state index in [2.05, 4.69) is 4.98 Å². The molecule has 1 aromatic rings. The summed E-state index contributed by atoms with van der Waals surface area (Å²) in [6.45, 7) is 2.10. The standard InChI is InChI=1S/C13H16N2O5/c1-3-20-10(16)6-8-15(2)12(17)11-9(13(18)19)5-4-7-14-11/h4-5,7H,3,6,8H2,1-2H3,(H,18,19). The van der Waals surface area contributed by atoms with Crippen molar-refractivity contribution in [2.24, 2.45) is 0 Å². The van der Waals surface area contributed by atoms with E-state index in [0.29, 0.717) is 0 Å². The zero-order chi connectivity index (χ0) is 15.1. The Kier molecular flexibility index (Phi) is 5.64. The molecule has 0 saturated heterocycles. The summed E-state index contributed by atoms with van der Waals surface area (Å²) in [5, 5.41) is 9.00. The van der Waals surface area contributed by atoms with E-state index in [4.69, 9.17) is 9.84 Å². The summed E-state index contributed by atoms with van der Waals surface area (Å²) in [5.74, 6) is -2.18. The number of aromatic nitrogens is 1. The summed E-state index contributed by atoms with van der Waals surface area (Å²) >= 11 is 0. The zero-order valence-corrected chi connectivity index (χ0v) is 11.3. The van der Waals surface area contributed by atoms with E-state index in [0.717, 1.165) is 0 Å². The maximum absolute atomic E-state index is 12.1. The fraction of sp³-hybridized carbons (Fsp3) is 0.385. The number of carbonyl (C=O) groups is 3. The predicted molar refractivity (Wildman–Crippen MR) is 69.4 cm³/mol. The average molecular weight is 280 g/mol. The highest BCUT2D eigenvalue weighted by Gasteiger charge is 2.21. The van der Waals surface area contributed by atoms with Crippen LogP contribution in [0.1, 0.15) is 34.2 Å². The monoisotopic (exact) mass is 280 g/mol. The highest BCUT2D eigenvalue weighted by molar-refractivity contribution is 6.03. The molecule has 1 N–H and O–H groups in total. The number of carbonyl (C=O) groups excluding carboxylic acids is 2. The van der Waals surface area contributed by atoms with Crippen LogP contribution in [0.25, 0.3) is 0 Å². The molecule has 1 amide bonds. The van der Waals surface area contributed by atoms with Gasteiger partial charge < -0.3 is 14.7 Å². The van der Waals surface area contributed by atoms with Gasteiger partial charge in [0.25, 0.3) is 5.91 Å². The maximum atomic E-state index is 12.1. The number of pyridine rings is 1. The Morgan fingerprint density at radius 1 is 1.40 bits per heavy atom. The lowest BCUT2D eigenvalue weighted by Crippen LogP contribution is -2.31. The Labute approximate surface area is 116 Å². The van der Waals surface area contributed by atoms with E-state index in [1.54, 1.807) is 6.92 Å². The number of amides is 1. The molecule has 108 valence electrons. The van der Waals surface area contributed by atoms with E-state index in [1.165, 1.54) is 30.3 Å². The summed E-state index contributed by atoms with van der Waals surface area (Å²) in [7, 11) is 1.47. The lowest BCUT2D eigenvalue weighted by atomic mass is 10.1. The summed E-state index contributed by atoms with van der Waals surface area (Å²) in [6, 6.07) is 2.75. The third kappa shape index (κ3) is 4.04. The molecule has 0 aliphatic rings. The van der Waals surface area contributed by atoms with Crippen molar-refractivity contribution in [3.8, 4) is 0 Å². The quantitative estimate of drug-likeness (QED) is 0.774. The third-order valence-electron chi connectivity index (χ3n) is 2.54. The SMILES string of the molecule is CCOC(=O)CCN(C)C(=O)c1ncccc1C(=O)O. The van der Waals surface area contributed by atoms with Crippen molar-refractivity contribution < 1.29 is 24.2 Å². The largest absolute Gasteiger partial charge is 0.478 e. The highest BCUT2D eigenvalue weighted by atomic mass is 16.5. The van der Waals surface area contributed by atoms with Gasteiger partial charge in [-0.15, -0.1) is 0 Å². The molecule has 7 nitrogen and oxygen atoms in total. The van der Waals surface area contributed by atoms with Crippen molar-refractivity contribution in [1.29, 1.82) is 0 Å². The van der Waals surface area contributed by atoms with Crippen LogP contribution in [0.5, 0.6) is 0 Å². The molecular weight excluding hydrogens is 264 g/mol. The fourth-order valence-electron chi connectivity index (χ4n) is 1.52. The Bertz CT molecular complexity index is 515. The van der Waals surface area contributed by atoms with Crippen LogP contribution in [0.4, 0.5) is 0 Å². The number of hydrogen-bond donors (Lipinski definition) is 1. The minimum Gasteiger partial charge on any atom is -0.478 e. The van der Waals surface area contributed by atoms with Crippen LogP contribution >= 0.6 is 0 Å². The van der Waals surface area contributed by atoms with Crippen LogP contribution in [0.3, 0.4) is 0 Å². The van der Waals surface area contributed by atoms with Gasteiger partial charge in [0.2, 0.25) is 0 Å². The second kappa shape index (κ2) is 7.22. The first-order valence-corrected chi connectivity index (χ1v) is 6.06. The topological polar surface area (TPSA) is 96.8 Å². The van der Waals surface area contributed by atoms with Gasteiger partial charge in [0, 0.05) is 19.8 Å². The minimum atomic E-state index is -1.22. The minimum absolute atomic E-state index is 0.0469. The van der Waals surface area contributed by atoms with Gasteiger partial charge in [-0.25, -0.2) is 4.79 Å². The van der Waals surface area contributed by atoms with Gasteiger partial charge in [-0.05, 0) is 19.1 Å². The van der Waals surface area contributed by atoms with E-state index >= 15 is 0 Å². The molecule has 1 heterocycles. The van der Waals surface area contributed by atoms with Crippen LogP contribution in [0.15, 0.2) is 18.3 Å². The molecule has 0 aliphatic heterocycles. The van der Waals surface area contributed by atoms with Crippen molar-refractivity contribution in [1.82, 2.24) is 9.88 Å². The number of rotatable bonds is 6. The number of carboxylic acid groups (broad SMARTS) is 1. The first kappa shape index (κ1) is 15.6. The summed E-state index contributed by atoms with van der Waals surface area (Å²) in [6.07, 6.45) is 1.39. The first-order valence-electron chi connectivity index (χ1n) is 6.06. The van der Waals surface area contributed by atoms with Crippen molar-refractivity contribution in [2.75, 3.05) is 20.2 Å². The normalized spacial score (nSPS) is 9.90. The van der Waals surface area contributed by atoms with Gasteiger partial charge in [-0.1, -0.05) is 0 Å². The Morgan fingerprint density at radius 3 is 2.70 bits per heavy atom. The Morgan fingerprint density at radius 2 is 2.10 bits per heavy atom. The van der Waals surface area contributed by atoms with E-state index in [-0.39, 0.29) is 30.8 Å². The zero-order valence-electron chi connectivity index (χ0n) is 11.3. The van der Waals surface area contributed by atoms with Crippen LogP contribution < -0.4 is 0 Å². The van der Waals surface area contributed by atoms with Gasteiger partial charge in [0.15, 0.2) is 0 Å². The lowest BCUT2D eigenvalue weighted by molar-refractivity contribution is -0.143. The van der Waals surface area contributed by atoms with Crippen LogP contribution in [-0.2, 0) is 9.53 Å². The molecule has 20 heavy (non-hydrogen) atoms. The predicted octanol–water partition coefficient (Wildman–Crippen LogP) is 0.805. The van der Waals surface area contributed by atoms with E-state index in [9.17, 15) is 14.4 Å². The van der Waals surface area contributed by atoms with Gasteiger partial charge >= 0.3 is 11.9 Å². The molecule has 0 atom stereocenters. The molecule has 7 heteroatoms. The second-order valence-corrected chi connectivity index (χ2v) is 3.99. The summed E-state index contributed by atoms with van der Waals surface area (Å²) in [4.78, 5) is 39.4. The molecule has 0 bridgehead atoms. The number of hydrogen-bond acceptors (Lipinski definition) is 5. The average Bonchev–Trinajstić information content (AvgIpc) is 2.44. The van der Waals surface area contributed by atoms with Crippen molar-refractivity contribution in [3.05, 3.63) is 29.6 Å². The van der Waals surface area contributed by atoms with Gasteiger partial charge in [0.05, 0.1) is 18.6 Å². The Hall–Kier alpha value is -2.44. The van der Waals surface area contributed by atoms with Gasteiger partial charge in [-0.3, -0.25) is 14.6 Å². The molecule has 0 radical (unpaired) electrons. The molecular formula is C13H16N2O5. The van der Waals surface area contributed by atoms with Crippen LogP contribution in [-0.4, -0.2) is 53.0 Å². The van der Waals surface area contributed by atoms with Gasteiger partial charge in [0.1, 0.15) is 5.69 Å². The molecule has 0 saturated carbocycles. The lowest BCUT2D eigenvalue weighted by Gasteiger charge is -2.16. The van der Waals surface area contributed by atoms with E-state index < -0.39 is 17.8 Å². The number of aromatic carboxylic acids is 1. The fourth-order valence-corrected chi connectivity index (χ4v) is 1.52. The van der Waals surface area contributed by atoms with Crippen molar-refractivity contribution in [2.45, 2.75) is 13.3 Å². The Balaban J connectivity index is 2.75. The molecule has 0 aliphatic carbocycles. The third-order valence-corrected chi connectivity index (χ3v) is 2.54.